The van der Waals surface area contributed by atoms with E-state index in [1.165, 1.54) is 12.1 Å². The number of nitrogens with zero attached hydrogens (tertiary/aromatic N) is 2. The molecule has 1 fully saturated rings. The number of nitro groups is 1. The molecule has 0 amide bonds. The molecule has 1 atom stereocenters. The summed E-state index contributed by atoms with van der Waals surface area (Å²) in [5, 5.41) is 11.7. The van der Waals surface area contributed by atoms with E-state index in [4.69, 9.17) is 16.3 Å². The molecule has 1 unspecified atom stereocenters. The van der Waals surface area contributed by atoms with Crippen LogP contribution in [0.2, 0.25) is 5.02 Å². The number of hydrogen-bond acceptors (Lipinski definition) is 6. The van der Waals surface area contributed by atoms with Gasteiger partial charge in [-0.15, -0.1) is 0 Å². The van der Waals surface area contributed by atoms with Crippen molar-refractivity contribution in [1.29, 1.82) is 0 Å². The lowest BCUT2D eigenvalue weighted by atomic mass is 9.98. The number of benzene rings is 2. The van der Waals surface area contributed by atoms with E-state index in [-0.39, 0.29) is 10.8 Å². The molecule has 1 aliphatic heterocycles. The third kappa shape index (κ3) is 4.74. The minimum atomic E-state index is -3.71. The van der Waals surface area contributed by atoms with Crippen molar-refractivity contribution in [3.05, 3.63) is 57.6 Å². The molecule has 0 bridgehead atoms. The lowest BCUT2D eigenvalue weighted by molar-refractivity contribution is -0.387. The lowest BCUT2D eigenvalue weighted by Crippen LogP contribution is -2.37. The van der Waals surface area contributed by atoms with Crippen LogP contribution in [0.5, 0.6) is 5.75 Å². The van der Waals surface area contributed by atoms with Gasteiger partial charge >= 0.3 is 0 Å². The summed E-state index contributed by atoms with van der Waals surface area (Å²) in [6.45, 7) is 1.92. The quantitative estimate of drug-likeness (QED) is 0.515. The predicted molar refractivity (Wildman–Crippen MR) is 108 cm³/mol. The highest BCUT2D eigenvalue weighted by atomic mass is 35.5. The second kappa shape index (κ2) is 8.36. The van der Waals surface area contributed by atoms with E-state index in [0.29, 0.717) is 29.6 Å². The van der Waals surface area contributed by atoms with Crippen LogP contribution in [-0.4, -0.2) is 39.3 Å². The van der Waals surface area contributed by atoms with E-state index in [2.05, 4.69) is 0 Å². The van der Waals surface area contributed by atoms with Crippen molar-refractivity contribution in [3.8, 4) is 5.75 Å². The first kappa shape index (κ1) is 20.4. The summed E-state index contributed by atoms with van der Waals surface area (Å²) < 4.78 is 29.8. The van der Waals surface area contributed by atoms with Gasteiger partial charge in [0.1, 0.15) is 10.6 Å². The molecule has 7 nitrogen and oxygen atoms in total. The summed E-state index contributed by atoms with van der Waals surface area (Å²) in [6.07, 6.45) is 2.88. The SMILES string of the molecule is CS(=O)(=O)c1cc(N2CCCC(COc3ccccc3Cl)C2)ccc1[N+](=O)[O-]. The van der Waals surface area contributed by atoms with Crippen molar-refractivity contribution in [2.75, 3.05) is 30.9 Å². The topological polar surface area (TPSA) is 89.8 Å². The predicted octanol–water partition coefficient (Wildman–Crippen LogP) is 3.95. The van der Waals surface area contributed by atoms with Gasteiger partial charge in [0, 0.05) is 37.0 Å². The first-order valence-electron chi connectivity index (χ1n) is 8.86. The molecule has 2 aromatic rings. The lowest BCUT2D eigenvalue weighted by Gasteiger charge is -2.34. The monoisotopic (exact) mass is 424 g/mol. The first-order chi connectivity index (χ1) is 13.3. The molecule has 0 aliphatic carbocycles. The van der Waals surface area contributed by atoms with Crippen molar-refractivity contribution in [2.24, 2.45) is 5.92 Å². The molecule has 1 aliphatic rings. The Morgan fingerprint density at radius 3 is 2.71 bits per heavy atom. The molecule has 28 heavy (non-hydrogen) atoms. The largest absolute Gasteiger partial charge is 0.492 e. The van der Waals surface area contributed by atoms with E-state index in [0.717, 1.165) is 25.6 Å². The van der Waals surface area contributed by atoms with Crippen LogP contribution in [0.1, 0.15) is 12.8 Å². The Bertz CT molecular complexity index is 980. The summed E-state index contributed by atoms with van der Waals surface area (Å²) in [6, 6.07) is 11.5. The van der Waals surface area contributed by atoms with Gasteiger partial charge in [0.05, 0.1) is 16.6 Å². The number of hydrogen-bond donors (Lipinski definition) is 0. The maximum absolute atomic E-state index is 12.0. The summed E-state index contributed by atoms with van der Waals surface area (Å²) in [5.41, 5.74) is 0.260. The van der Waals surface area contributed by atoms with E-state index < -0.39 is 20.4 Å². The van der Waals surface area contributed by atoms with Crippen LogP contribution in [-0.2, 0) is 9.84 Å². The van der Waals surface area contributed by atoms with Crippen molar-refractivity contribution in [2.45, 2.75) is 17.7 Å². The number of sulfone groups is 1. The maximum Gasteiger partial charge on any atom is 0.288 e. The first-order valence-corrected chi connectivity index (χ1v) is 11.1. The maximum atomic E-state index is 12.0. The molecule has 2 aromatic carbocycles. The number of para-hydroxylation sites is 1. The van der Waals surface area contributed by atoms with Crippen molar-refractivity contribution in [3.63, 3.8) is 0 Å². The number of piperidine rings is 1. The number of ether oxygens (including phenoxy) is 1. The summed E-state index contributed by atoms with van der Waals surface area (Å²) in [7, 11) is -3.71. The van der Waals surface area contributed by atoms with Gasteiger partial charge in [-0.05, 0) is 37.1 Å². The van der Waals surface area contributed by atoms with E-state index in [9.17, 15) is 18.5 Å². The fraction of sp³-hybridized carbons (Fsp3) is 0.368. The van der Waals surface area contributed by atoms with E-state index in [1.807, 2.05) is 23.1 Å². The summed E-state index contributed by atoms with van der Waals surface area (Å²) in [4.78, 5) is 12.3. The van der Waals surface area contributed by atoms with Crippen LogP contribution in [0.15, 0.2) is 47.4 Å². The Kier molecular flexibility index (Phi) is 6.10. The van der Waals surface area contributed by atoms with Crippen LogP contribution < -0.4 is 9.64 Å². The normalized spacial score (nSPS) is 17.4. The van der Waals surface area contributed by atoms with Crippen LogP contribution >= 0.6 is 11.6 Å². The van der Waals surface area contributed by atoms with Crippen LogP contribution in [0, 0.1) is 16.0 Å². The zero-order valence-corrected chi connectivity index (χ0v) is 16.9. The third-order valence-corrected chi connectivity index (χ3v) is 6.17. The molecule has 0 aromatic heterocycles. The fourth-order valence-corrected chi connectivity index (χ4v) is 4.40. The molecule has 0 saturated carbocycles. The van der Waals surface area contributed by atoms with Crippen molar-refractivity contribution >= 4 is 32.8 Å². The Morgan fingerprint density at radius 1 is 1.29 bits per heavy atom. The molecular weight excluding hydrogens is 404 g/mol. The van der Waals surface area contributed by atoms with Gasteiger partial charge in [0.25, 0.3) is 5.69 Å². The molecule has 3 rings (SSSR count). The molecular formula is C19H21ClN2O5S. The molecule has 1 heterocycles. The molecule has 0 radical (unpaired) electrons. The van der Waals surface area contributed by atoms with Gasteiger partial charge < -0.3 is 9.64 Å². The highest BCUT2D eigenvalue weighted by Crippen LogP contribution is 2.31. The fourth-order valence-electron chi connectivity index (χ4n) is 3.35. The number of nitro benzene ring substituents is 1. The third-order valence-electron chi connectivity index (χ3n) is 4.73. The molecule has 0 spiro atoms. The number of rotatable bonds is 6. The zero-order chi connectivity index (χ0) is 20.3. The summed E-state index contributed by atoms with van der Waals surface area (Å²) in [5.74, 6) is 0.873. The van der Waals surface area contributed by atoms with Gasteiger partial charge in [0.15, 0.2) is 9.84 Å². The minimum absolute atomic E-state index is 0.238. The molecule has 9 heteroatoms. The highest BCUT2D eigenvalue weighted by Gasteiger charge is 2.26. The van der Waals surface area contributed by atoms with Crippen molar-refractivity contribution in [1.82, 2.24) is 0 Å². The average Bonchev–Trinajstić information content (AvgIpc) is 2.66. The second-order valence-electron chi connectivity index (χ2n) is 6.88. The van der Waals surface area contributed by atoms with Gasteiger partial charge in [-0.1, -0.05) is 23.7 Å². The highest BCUT2D eigenvalue weighted by molar-refractivity contribution is 7.90. The number of anilines is 1. The van der Waals surface area contributed by atoms with Crippen LogP contribution in [0.4, 0.5) is 11.4 Å². The Hall–Kier alpha value is -2.32. The Balaban J connectivity index is 1.75. The molecule has 150 valence electrons. The number of halogens is 1. The zero-order valence-electron chi connectivity index (χ0n) is 15.4. The van der Waals surface area contributed by atoms with Crippen molar-refractivity contribution < 1.29 is 18.1 Å². The Morgan fingerprint density at radius 2 is 2.04 bits per heavy atom. The standard InChI is InChI=1S/C19H21ClN2O5S/c1-28(25,26)19-11-15(8-9-17(19)22(23)24)21-10-4-5-14(12-21)13-27-18-7-3-2-6-16(18)20/h2-3,6-9,11,14H,4-5,10,12-13H2,1H3. The summed E-state index contributed by atoms with van der Waals surface area (Å²) >= 11 is 6.12. The molecule has 1 saturated heterocycles. The van der Waals surface area contributed by atoms with Crippen LogP contribution in [0.25, 0.3) is 0 Å². The minimum Gasteiger partial charge on any atom is -0.492 e. The second-order valence-corrected chi connectivity index (χ2v) is 9.27. The Labute approximate surface area is 168 Å². The van der Waals surface area contributed by atoms with E-state index >= 15 is 0 Å². The smallest absolute Gasteiger partial charge is 0.288 e. The molecule has 0 N–H and O–H groups in total. The van der Waals surface area contributed by atoms with Crippen LogP contribution in [0.3, 0.4) is 0 Å². The van der Waals surface area contributed by atoms with Gasteiger partial charge in [-0.25, -0.2) is 8.42 Å². The van der Waals surface area contributed by atoms with Gasteiger partial charge in [0.2, 0.25) is 0 Å². The van der Waals surface area contributed by atoms with E-state index in [1.54, 1.807) is 12.1 Å². The van der Waals surface area contributed by atoms with Gasteiger partial charge in [-0.2, -0.15) is 0 Å². The van der Waals surface area contributed by atoms with Gasteiger partial charge in [-0.3, -0.25) is 10.1 Å². The average molecular weight is 425 g/mol.